The third-order valence-corrected chi connectivity index (χ3v) is 4.49. The molecule has 0 spiro atoms. The van der Waals surface area contributed by atoms with Crippen molar-refractivity contribution in [3.63, 3.8) is 0 Å². The first-order valence-electron chi connectivity index (χ1n) is 7.40. The van der Waals surface area contributed by atoms with Crippen LogP contribution < -0.4 is 0 Å². The number of hydrogen-bond acceptors (Lipinski definition) is 6. The predicted molar refractivity (Wildman–Crippen MR) is 80.8 cm³/mol. The summed E-state index contributed by atoms with van der Waals surface area (Å²) in [5, 5.41) is -1.94. The minimum atomic E-state index is -4.73. The van der Waals surface area contributed by atoms with Crippen LogP contribution in [0.25, 0.3) is 0 Å². The fraction of sp³-hybridized carbons (Fsp3) is 0.857. The molecule has 22 heavy (non-hydrogen) atoms. The molecule has 0 rings (SSSR count). The maximum Gasteiger partial charge on any atom is 0.327 e. The van der Waals surface area contributed by atoms with Crippen molar-refractivity contribution < 1.29 is 32.0 Å². The smallest absolute Gasteiger partial charge is 0.327 e. The van der Waals surface area contributed by atoms with E-state index < -0.39 is 33.7 Å². The van der Waals surface area contributed by atoms with Gasteiger partial charge in [0.15, 0.2) is 5.25 Å². The Balaban J connectivity index is 4.66. The van der Waals surface area contributed by atoms with Gasteiger partial charge in [0.05, 0.1) is 19.6 Å². The molecule has 0 aromatic rings. The minimum absolute atomic E-state index is 0.0310. The van der Waals surface area contributed by atoms with Crippen molar-refractivity contribution in [1.82, 2.24) is 0 Å². The van der Waals surface area contributed by atoms with Crippen molar-refractivity contribution in [2.75, 3.05) is 13.2 Å². The molecule has 3 unspecified atom stereocenters. The number of hydrogen-bond donors (Lipinski definition) is 1. The molecule has 130 valence electrons. The highest BCUT2D eigenvalue weighted by Crippen LogP contribution is 2.11. The molecule has 0 radical (unpaired) electrons. The summed E-state index contributed by atoms with van der Waals surface area (Å²) in [7, 11) is -4.73. The molecular weight excluding hydrogens is 312 g/mol. The van der Waals surface area contributed by atoms with Crippen LogP contribution in [-0.4, -0.2) is 43.4 Å². The molecular formula is C14H26O7S. The molecule has 0 aromatic carbocycles. The SMILES string of the molecule is CCC(C)COC(=O)CC(C(=O)OCC(C)CC)S(=O)(=O)O. The molecule has 1 N–H and O–H groups in total. The van der Waals surface area contributed by atoms with Crippen molar-refractivity contribution >= 4 is 22.1 Å². The van der Waals surface area contributed by atoms with E-state index in [0.29, 0.717) is 0 Å². The highest BCUT2D eigenvalue weighted by molar-refractivity contribution is 7.87. The number of ether oxygens (including phenoxy) is 2. The third-order valence-electron chi connectivity index (χ3n) is 3.41. The van der Waals surface area contributed by atoms with Crippen LogP contribution in [0.1, 0.15) is 47.0 Å². The predicted octanol–water partition coefficient (Wildman–Crippen LogP) is 1.81. The molecule has 0 saturated heterocycles. The number of rotatable bonds is 10. The van der Waals surface area contributed by atoms with Gasteiger partial charge in [-0.3, -0.25) is 14.1 Å². The minimum Gasteiger partial charge on any atom is -0.465 e. The Kier molecular flexibility index (Phi) is 9.27. The fourth-order valence-corrected chi connectivity index (χ4v) is 1.97. The highest BCUT2D eigenvalue weighted by atomic mass is 32.2. The second-order valence-corrected chi connectivity index (χ2v) is 7.15. The Hall–Kier alpha value is -1.15. The summed E-state index contributed by atoms with van der Waals surface area (Å²) >= 11 is 0. The van der Waals surface area contributed by atoms with Crippen molar-refractivity contribution in [2.24, 2.45) is 11.8 Å². The first-order valence-corrected chi connectivity index (χ1v) is 8.90. The number of carbonyl (C=O) groups is 2. The van der Waals surface area contributed by atoms with Crippen molar-refractivity contribution in [3.8, 4) is 0 Å². The second-order valence-electron chi connectivity index (χ2n) is 5.55. The van der Waals surface area contributed by atoms with Gasteiger partial charge < -0.3 is 9.47 Å². The van der Waals surface area contributed by atoms with Gasteiger partial charge in [-0.25, -0.2) is 0 Å². The van der Waals surface area contributed by atoms with E-state index in [2.05, 4.69) is 0 Å². The maximum absolute atomic E-state index is 11.8. The second kappa shape index (κ2) is 9.78. The molecule has 7 nitrogen and oxygen atoms in total. The highest BCUT2D eigenvalue weighted by Gasteiger charge is 2.35. The van der Waals surface area contributed by atoms with E-state index >= 15 is 0 Å². The first kappa shape index (κ1) is 20.9. The van der Waals surface area contributed by atoms with Crippen molar-refractivity contribution in [1.29, 1.82) is 0 Å². The van der Waals surface area contributed by atoms with Crippen molar-refractivity contribution in [3.05, 3.63) is 0 Å². The van der Waals surface area contributed by atoms with Crippen LogP contribution in [0.3, 0.4) is 0 Å². The molecule has 0 aliphatic carbocycles. The van der Waals surface area contributed by atoms with Crippen LogP contribution in [0.5, 0.6) is 0 Å². The van der Waals surface area contributed by atoms with E-state index in [1.54, 1.807) is 0 Å². The summed E-state index contributed by atoms with van der Waals surface area (Å²) in [5.41, 5.74) is 0. The van der Waals surface area contributed by atoms with Crippen LogP contribution >= 0.6 is 0 Å². The maximum atomic E-state index is 11.8. The zero-order valence-electron chi connectivity index (χ0n) is 13.6. The lowest BCUT2D eigenvalue weighted by atomic mass is 10.1. The Morgan fingerprint density at radius 3 is 1.86 bits per heavy atom. The monoisotopic (exact) mass is 338 g/mol. The molecule has 0 aromatic heterocycles. The number of carbonyl (C=O) groups excluding carboxylic acids is 2. The summed E-state index contributed by atoms with van der Waals surface area (Å²) in [5.74, 6) is -1.81. The quantitative estimate of drug-likeness (QED) is 0.478. The summed E-state index contributed by atoms with van der Waals surface area (Å²) in [6.45, 7) is 7.68. The molecule has 0 bridgehead atoms. The van der Waals surface area contributed by atoms with Gasteiger partial charge >= 0.3 is 11.9 Å². The molecule has 0 amide bonds. The van der Waals surface area contributed by atoms with Gasteiger partial charge in [-0.05, 0) is 11.8 Å². The first-order chi connectivity index (χ1) is 10.1. The van der Waals surface area contributed by atoms with Gasteiger partial charge in [0.2, 0.25) is 0 Å². The largest absolute Gasteiger partial charge is 0.465 e. The van der Waals surface area contributed by atoms with Crippen LogP contribution in [0.2, 0.25) is 0 Å². The summed E-state index contributed by atoms with van der Waals surface area (Å²) in [6, 6.07) is 0. The molecule has 0 heterocycles. The van der Waals surface area contributed by atoms with E-state index in [1.165, 1.54) is 0 Å². The molecule has 0 saturated carbocycles. The molecule has 0 aliphatic rings. The van der Waals surface area contributed by atoms with Gasteiger partial charge in [0.25, 0.3) is 10.1 Å². The van der Waals surface area contributed by atoms with Crippen molar-refractivity contribution in [2.45, 2.75) is 52.2 Å². The summed E-state index contributed by atoms with van der Waals surface area (Å²) in [4.78, 5) is 23.4. The summed E-state index contributed by atoms with van der Waals surface area (Å²) < 4.78 is 41.4. The number of esters is 2. The molecule has 8 heteroatoms. The van der Waals surface area contributed by atoms with Crippen LogP contribution in [0, 0.1) is 11.8 Å². The Bertz CT molecular complexity index is 458. The van der Waals surface area contributed by atoms with Gasteiger partial charge in [0.1, 0.15) is 0 Å². The lowest BCUT2D eigenvalue weighted by molar-refractivity contribution is -0.151. The third kappa shape index (κ3) is 8.33. The zero-order valence-corrected chi connectivity index (χ0v) is 14.4. The van der Waals surface area contributed by atoms with Crippen LogP contribution in [-0.2, 0) is 29.2 Å². The lowest BCUT2D eigenvalue weighted by Crippen LogP contribution is -2.35. The Morgan fingerprint density at radius 2 is 1.45 bits per heavy atom. The normalized spacial score (nSPS) is 15.7. The van der Waals surface area contributed by atoms with Gasteiger partial charge in [-0.15, -0.1) is 0 Å². The molecule has 0 aliphatic heterocycles. The van der Waals surface area contributed by atoms with Gasteiger partial charge in [-0.1, -0.05) is 40.5 Å². The van der Waals surface area contributed by atoms with E-state index in [0.717, 1.165) is 12.8 Å². The molecule has 3 atom stereocenters. The molecule has 0 fully saturated rings. The lowest BCUT2D eigenvalue weighted by Gasteiger charge is -2.15. The van der Waals surface area contributed by atoms with Gasteiger partial charge in [0, 0.05) is 0 Å². The Labute approximate surface area is 132 Å². The van der Waals surface area contributed by atoms with E-state index in [9.17, 15) is 18.0 Å². The van der Waals surface area contributed by atoms with Gasteiger partial charge in [-0.2, -0.15) is 8.42 Å². The standard InChI is InChI=1S/C14H26O7S/c1-5-10(3)8-20-13(15)7-12(22(17,18)19)14(16)21-9-11(4)6-2/h10-12H,5-9H2,1-4H3,(H,17,18,19). The average Bonchev–Trinajstić information content (AvgIpc) is 2.45. The Morgan fingerprint density at radius 1 is 1.00 bits per heavy atom. The zero-order chi connectivity index (χ0) is 17.3. The van der Waals surface area contributed by atoms with E-state index in [1.807, 2.05) is 27.7 Å². The topological polar surface area (TPSA) is 107 Å². The van der Waals surface area contributed by atoms with Crippen LogP contribution in [0.4, 0.5) is 0 Å². The average molecular weight is 338 g/mol. The van der Waals surface area contributed by atoms with E-state index in [4.69, 9.17) is 14.0 Å². The van der Waals surface area contributed by atoms with E-state index in [-0.39, 0.29) is 25.0 Å². The summed E-state index contributed by atoms with van der Waals surface area (Å²) in [6.07, 6.45) is 0.793. The van der Waals surface area contributed by atoms with Crippen LogP contribution in [0.15, 0.2) is 0 Å². The fourth-order valence-electron chi connectivity index (χ4n) is 1.31.